The van der Waals surface area contributed by atoms with E-state index in [4.69, 9.17) is 15.0 Å². The summed E-state index contributed by atoms with van der Waals surface area (Å²) in [6.07, 6.45) is 22.5. The number of unbranched alkanes of at least 4 members (excludes halogenated alkanes) is 12. The highest BCUT2D eigenvalue weighted by atomic mass is 32.2. The summed E-state index contributed by atoms with van der Waals surface area (Å²) >= 11 is 12.2. The highest BCUT2D eigenvalue weighted by molar-refractivity contribution is 8.04. The van der Waals surface area contributed by atoms with Gasteiger partial charge in [0.15, 0.2) is 5.82 Å². The van der Waals surface area contributed by atoms with E-state index in [0.717, 1.165) is 51.5 Å². The van der Waals surface area contributed by atoms with Crippen LogP contribution in [0.1, 0.15) is 157 Å². The van der Waals surface area contributed by atoms with Gasteiger partial charge in [0.1, 0.15) is 0 Å². The third-order valence-corrected chi connectivity index (χ3v) is 17.6. The van der Waals surface area contributed by atoms with Gasteiger partial charge in [-0.2, -0.15) is 15.0 Å². The number of hydrogen-bond donors (Lipinski definition) is 2. The molecule has 1 radical (unpaired) electrons. The highest BCUT2D eigenvalue weighted by Crippen LogP contribution is 2.44. The minimum atomic E-state index is 0.545. The molecule has 4 rings (SSSR count). The third kappa shape index (κ3) is 19.9. The van der Waals surface area contributed by atoms with Crippen LogP contribution >= 0.6 is 70.6 Å². The van der Waals surface area contributed by atoms with Crippen LogP contribution in [-0.4, -0.2) is 49.5 Å². The van der Waals surface area contributed by atoms with Gasteiger partial charge in [-0.25, -0.2) is 0 Å². The Hall–Kier alpha value is -1.63. The van der Waals surface area contributed by atoms with Gasteiger partial charge in [-0.1, -0.05) is 143 Å². The van der Waals surface area contributed by atoms with Gasteiger partial charge >= 0.3 is 0 Å². The molecule has 0 saturated carbocycles. The molecule has 11 heteroatoms. The van der Waals surface area contributed by atoms with Crippen LogP contribution in [-0.2, 0) is 0 Å². The van der Waals surface area contributed by atoms with Crippen LogP contribution in [0.15, 0.2) is 77.9 Å². The summed E-state index contributed by atoms with van der Waals surface area (Å²) in [5.74, 6) is 8.55. The number of nitrogens with zero attached hydrogens (tertiary/aromatic N) is 3. The van der Waals surface area contributed by atoms with Crippen molar-refractivity contribution in [2.24, 2.45) is 0 Å². The minimum absolute atomic E-state index is 0.545. The lowest BCUT2D eigenvalue weighted by Crippen LogP contribution is -2.06. The molecule has 62 heavy (non-hydrogen) atoms. The molecule has 0 unspecified atom stereocenters. The molecule has 1 aromatic heterocycles. The fourth-order valence-electron chi connectivity index (χ4n) is 6.61. The maximum atomic E-state index is 5.11. The molecule has 341 valence electrons. The Morgan fingerprint density at radius 3 is 1.02 bits per heavy atom. The molecule has 0 aliphatic heterocycles. The predicted octanol–water partition coefficient (Wildman–Crippen LogP) is 18.5. The van der Waals surface area contributed by atoms with E-state index in [1.54, 1.807) is 0 Å². The molecular weight excluding hydrogens is 875 g/mol. The maximum absolute atomic E-state index is 5.11. The van der Waals surface area contributed by atoms with Crippen molar-refractivity contribution in [2.75, 3.05) is 45.2 Å². The molecule has 0 saturated heterocycles. The normalized spacial score (nSPS) is 11.4. The summed E-state index contributed by atoms with van der Waals surface area (Å²) in [4.78, 5) is 23.6. The SMILES string of the molecule is CCCCCSc1cc(Nc2nc(Nc3cc(SCCCCC)c(SCCCCC)c(SCCCCC)c3)nc(-c3cc[c]cc3)n2)cc(SCCCCC)c1SCCCCC. The third-order valence-electron chi connectivity index (χ3n) is 10.2. The Balaban J connectivity index is 1.77. The summed E-state index contributed by atoms with van der Waals surface area (Å²) in [7, 11) is 0. The van der Waals surface area contributed by atoms with Crippen molar-refractivity contribution in [3.05, 3.63) is 54.6 Å². The molecule has 5 nitrogen and oxygen atoms in total. The van der Waals surface area contributed by atoms with Gasteiger partial charge in [-0.15, -0.1) is 70.6 Å². The second kappa shape index (κ2) is 32.9. The molecule has 2 N–H and O–H groups in total. The molecule has 0 aliphatic rings. The summed E-state index contributed by atoms with van der Waals surface area (Å²) in [6.45, 7) is 13.7. The summed E-state index contributed by atoms with van der Waals surface area (Å²) in [5, 5.41) is 7.43. The largest absolute Gasteiger partial charge is 0.324 e. The molecule has 0 fully saturated rings. The molecular formula is C51H76N5S6. The van der Waals surface area contributed by atoms with Crippen molar-refractivity contribution in [3.63, 3.8) is 0 Å². The molecule has 0 amide bonds. The van der Waals surface area contributed by atoms with Gasteiger partial charge in [-0.05, 0) is 103 Å². The van der Waals surface area contributed by atoms with E-state index in [1.807, 2.05) is 71.3 Å². The van der Waals surface area contributed by atoms with Crippen molar-refractivity contribution in [2.45, 2.75) is 186 Å². The highest BCUT2D eigenvalue weighted by Gasteiger charge is 2.18. The number of thioether (sulfide) groups is 6. The second-order valence-corrected chi connectivity index (χ2v) is 22.5. The van der Waals surface area contributed by atoms with Gasteiger partial charge < -0.3 is 10.6 Å². The summed E-state index contributed by atoms with van der Waals surface area (Å²) in [5.41, 5.74) is 3.00. The zero-order chi connectivity index (χ0) is 44.0. The molecule has 1 heterocycles. The van der Waals surface area contributed by atoms with E-state index in [0.29, 0.717) is 17.7 Å². The summed E-state index contributed by atoms with van der Waals surface area (Å²) < 4.78 is 0. The average molecular weight is 952 g/mol. The number of hydrogen-bond acceptors (Lipinski definition) is 11. The van der Waals surface area contributed by atoms with Crippen LogP contribution in [0.5, 0.6) is 0 Å². The zero-order valence-electron chi connectivity index (χ0n) is 38.9. The van der Waals surface area contributed by atoms with Gasteiger partial charge in [-0.3, -0.25) is 0 Å². The second-order valence-electron chi connectivity index (χ2n) is 15.8. The van der Waals surface area contributed by atoms with Crippen molar-refractivity contribution in [1.29, 1.82) is 0 Å². The van der Waals surface area contributed by atoms with Gasteiger partial charge in [0.05, 0.1) is 0 Å². The lowest BCUT2D eigenvalue weighted by molar-refractivity contribution is 0.776. The minimum Gasteiger partial charge on any atom is -0.324 e. The van der Waals surface area contributed by atoms with E-state index >= 15 is 0 Å². The topological polar surface area (TPSA) is 62.7 Å². The predicted molar refractivity (Wildman–Crippen MR) is 285 cm³/mol. The van der Waals surface area contributed by atoms with E-state index < -0.39 is 0 Å². The maximum Gasteiger partial charge on any atom is 0.232 e. The number of benzene rings is 3. The first-order valence-corrected chi connectivity index (χ1v) is 29.8. The molecule has 0 aliphatic carbocycles. The van der Waals surface area contributed by atoms with Crippen LogP contribution in [0.4, 0.5) is 23.3 Å². The molecule has 0 atom stereocenters. The van der Waals surface area contributed by atoms with Crippen molar-refractivity contribution < 1.29 is 0 Å². The van der Waals surface area contributed by atoms with Crippen LogP contribution in [0.3, 0.4) is 0 Å². The lowest BCUT2D eigenvalue weighted by atomic mass is 10.2. The lowest BCUT2D eigenvalue weighted by Gasteiger charge is -2.18. The fraction of sp³-hybridized carbons (Fsp3) is 0.588. The van der Waals surface area contributed by atoms with Crippen LogP contribution < -0.4 is 10.6 Å². The van der Waals surface area contributed by atoms with Crippen LogP contribution in [0, 0.1) is 6.07 Å². The fourth-order valence-corrected chi connectivity index (χ4v) is 14.1. The quantitative estimate of drug-likeness (QED) is 0.0342. The monoisotopic (exact) mass is 950 g/mol. The van der Waals surface area contributed by atoms with Crippen molar-refractivity contribution >= 4 is 93.8 Å². The Kier molecular flexibility index (Phi) is 28.1. The van der Waals surface area contributed by atoms with Crippen LogP contribution in [0.2, 0.25) is 0 Å². The Morgan fingerprint density at radius 2 is 0.710 bits per heavy atom. The Labute approximate surface area is 403 Å². The van der Waals surface area contributed by atoms with Crippen LogP contribution in [0.25, 0.3) is 11.4 Å². The van der Waals surface area contributed by atoms with E-state index in [1.165, 1.54) is 145 Å². The van der Waals surface area contributed by atoms with Gasteiger partial charge in [0.25, 0.3) is 0 Å². The average Bonchev–Trinajstić information content (AvgIpc) is 3.28. The van der Waals surface area contributed by atoms with Crippen molar-refractivity contribution in [1.82, 2.24) is 15.0 Å². The molecule has 0 spiro atoms. The number of anilines is 4. The molecule has 3 aromatic carbocycles. The zero-order valence-corrected chi connectivity index (χ0v) is 43.8. The van der Waals surface area contributed by atoms with E-state index in [9.17, 15) is 0 Å². The van der Waals surface area contributed by atoms with E-state index in [2.05, 4.69) is 106 Å². The summed E-state index contributed by atoms with van der Waals surface area (Å²) in [6, 6.07) is 20.5. The van der Waals surface area contributed by atoms with Gasteiger partial charge in [0, 0.05) is 46.3 Å². The first kappa shape index (κ1) is 53.0. The number of aromatic nitrogens is 3. The molecule has 0 bridgehead atoms. The van der Waals surface area contributed by atoms with E-state index in [-0.39, 0.29) is 0 Å². The van der Waals surface area contributed by atoms with Gasteiger partial charge in [0.2, 0.25) is 11.9 Å². The first-order chi connectivity index (χ1) is 30.5. The Morgan fingerprint density at radius 1 is 0.403 bits per heavy atom. The smallest absolute Gasteiger partial charge is 0.232 e. The standard InChI is InChI=1S/C51H76N5S6/c1-7-13-22-30-57-43-36-41(37-44(58-31-23-14-8-2)47(43)61-34-26-17-11-5)52-50-54-49(40-28-20-19-21-29-40)55-51(56-50)53-42-38-45(59-32-24-15-9-3)48(62-35-27-18-12-6)46(39-42)60-33-25-16-10-4/h20-21,28-29,36-39H,7-18,22-27,30-35H2,1-6H3,(H2,52,53,54,55,56). The number of nitrogens with one attached hydrogen (secondary N) is 2. The molecule has 4 aromatic rings. The number of rotatable bonds is 35. The van der Waals surface area contributed by atoms with Crippen molar-refractivity contribution in [3.8, 4) is 11.4 Å². The Bertz CT molecular complexity index is 1640. The first-order valence-electron chi connectivity index (χ1n) is 23.9.